The molecule has 2 heterocycles. The van der Waals surface area contributed by atoms with Gasteiger partial charge in [0.05, 0.1) is 12.1 Å². The number of amides is 4. The van der Waals surface area contributed by atoms with Crippen LogP contribution < -0.4 is 20.1 Å². The van der Waals surface area contributed by atoms with Crippen LogP contribution in [0.2, 0.25) is 5.02 Å². The number of urea groups is 1. The lowest BCUT2D eigenvalue weighted by Gasteiger charge is -2.34. The van der Waals surface area contributed by atoms with Crippen LogP contribution >= 0.6 is 11.6 Å². The van der Waals surface area contributed by atoms with Gasteiger partial charge >= 0.3 is 6.03 Å². The van der Waals surface area contributed by atoms with Gasteiger partial charge in [0.25, 0.3) is 5.91 Å². The Hall–Kier alpha value is -3.37. The molecule has 1 saturated heterocycles. The van der Waals surface area contributed by atoms with Crippen molar-refractivity contribution >= 4 is 35.1 Å². The van der Waals surface area contributed by atoms with E-state index in [4.69, 9.17) is 21.1 Å². The van der Waals surface area contributed by atoms with Crippen LogP contribution in [0.1, 0.15) is 10.4 Å². The van der Waals surface area contributed by atoms with E-state index < -0.39 is 23.7 Å². The Balaban J connectivity index is 1.23. The fourth-order valence-electron chi connectivity index (χ4n) is 3.59. The van der Waals surface area contributed by atoms with E-state index >= 15 is 0 Å². The molecule has 174 valence electrons. The van der Waals surface area contributed by atoms with Crippen LogP contribution in [0.5, 0.6) is 11.5 Å². The van der Waals surface area contributed by atoms with Crippen molar-refractivity contribution in [3.8, 4) is 11.5 Å². The Morgan fingerprint density at radius 1 is 0.970 bits per heavy atom. The van der Waals surface area contributed by atoms with E-state index in [-0.39, 0.29) is 17.1 Å². The normalized spacial score (nSPS) is 15.6. The van der Waals surface area contributed by atoms with Crippen molar-refractivity contribution in [1.29, 1.82) is 0 Å². The monoisotopic (exact) mass is 476 g/mol. The minimum Gasteiger partial charge on any atom is -0.486 e. The van der Waals surface area contributed by atoms with Gasteiger partial charge in [0, 0.05) is 43.0 Å². The molecule has 33 heavy (non-hydrogen) atoms. The molecule has 0 unspecified atom stereocenters. The summed E-state index contributed by atoms with van der Waals surface area (Å²) in [5.74, 6) is -0.437. The van der Waals surface area contributed by atoms with Crippen molar-refractivity contribution in [3.63, 3.8) is 0 Å². The highest BCUT2D eigenvalue weighted by atomic mass is 35.5. The molecule has 2 N–H and O–H groups in total. The van der Waals surface area contributed by atoms with Gasteiger partial charge in [-0.3, -0.25) is 19.8 Å². The Labute approximate surface area is 194 Å². The summed E-state index contributed by atoms with van der Waals surface area (Å²) in [5, 5.41) is 5.15. The van der Waals surface area contributed by atoms with E-state index in [1.165, 1.54) is 17.0 Å². The SMILES string of the molecule is O=C(CN1CCN(C(=O)c2cc(Cl)ccc2F)CC1)NC(=O)Nc1ccc2c(c1)OCCO2. The third-order valence-electron chi connectivity index (χ3n) is 5.24. The van der Waals surface area contributed by atoms with Crippen LogP contribution in [0.3, 0.4) is 0 Å². The first kappa shape index (κ1) is 22.8. The van der Waals surface area contributed by atoms with Gasteiger partial charge in [-0.2, -0.15) is 0 Å². The van der Waals surface area contributed by atoms with Gasteiger partial charge < -0.3 is 19.7 Å². The highest BCUT2D eigenvalue weighted by molar-refractivity contribution is 6.31. The maximum Gasteiger partial charge on any atom is 0.325 e. The zero-order chi connectivity index (χ0) is 23.4. The third-order valence-corrected chi connectivity index (χ3v) is 5.47. The fourth-order valence-corrected chi connectivity index (χ4v) is 3.77. The second kappa shape index (κ2) is 10.1. The number of hydrogen-bond donors (Lipinski definition) is 2. The lowest BCUT2D eigenvalue weighted by atomic mass is 10.1. The maximum atomic E-state index is 14.0. The van der Waals surface area contributed by atoms with Gasteiger partial charge in [-0.15, -0.1) is 0 Å². The average molecular weight is 477 g/mol. The van der Waals surface area contributed by atoms with Crippen LogP contribution in [-0.4, -0.2) is 73.6 Å². The topological polar surface area (TPSA) is 100 Å². The lowest BCUT2D eigenvalue weighted by Crippen LogP contribution is -2.51. The number of nitrogens with zero attached hydrogens (tertiary/aromatic N) is 2. The number of hydrogen-bond acceptors (Lipinski definition) is 6. The van der Waals surface area contributed by atoms with Crippen molar-refractivity contribution in [3.05, 3.63) is 52.8 Å². The number of rotatable bonds is 4. The van der Waals surface area contributed by atoms with E-state index in [1.807, 2.05) is 4.90 Å². The summed E-state index contributed by atoms with van der Waals surface area (Å²) < 4.78 is 24.9. The second-order valence-electron chi connectivity index (χ2n) is 7.55. The van der Waals surface area contributed by atoms with E-state index in [2.05, 4.69) is 10.6 Å². The molecular formula is C22H22ClFN4O5. The zero-order valence-corrected chi connectivity index (χ0v) is 18.4. The standard InChI is InChI=1S/C22H22ClFN4O5/c23-14-1-3-17(24)16(11-14)21(30)28-7-5-27(6-8-28)13-20(29)26-22(31)25-15-2-4-18-19(12-15)33-10-9-32-18/h1-4,11-12H,5-10,13H2,(H2,25,26,29,31). The number of ether oxygens (including phenoxy) is 2. The van der Waals surface area contributed by atoms with Crippen LogP contribution in [0.25, 0.3) is 0 Å². The van der Waals surface area contributed by atoms with Crippen LogP contribution in [0, 0.1) is 5.82 Å². The second-order valence-corrected chi connectivity index (χ2v) is 7.99. The Kier molecular flexibility index (Phi) is 6.95. The van der Waals surface area contributed by atoms with Gasteiger partial charge in [-0.1, -0.05) is 11.6 Å². The quantitative estimate of drug-likeness (QED) is 0.702. The molecule has 2 aliphatic rings. The summed E-state index contributed by atoms with van der Waals surface area (Å²) in [5.41, 5.74) is 0.384. The molecule has 0 spiro atoms. The predicted molar refractivity (Wildman–Crippen MR) is 118 cm³/mol. The summed E-state index contributed by atoms with van der Waals surface area (Å²) in [6.07, 6.45) is 0. The minimum atomic E-state index is -0.665. The van der Waals surface area contributed by atoms with E-state index in [1.54, 1.807) is 18.2 Å². The van der Waals surface area contributed by atoms with Crippen molar-refractivity contribution in [2.75, 3.05) is 51.3 Å². The molecule has 0 aliphatic carbocycles. The summed E-state index contributed by atoms with van der Waals surface area (Å²) in [6, 6.07) is 8.14. The third kappa shape index (κ3) is 5.71. The molecule has 0 aromatic heterocycles. The number of halogens is 2. The number of piperazine rings is 1. The number of fused-ring (bicyclic) bond motifs is 1. The molecule has 0 atom stereocenters. The highest BCUT2D eigenvalue weighted by Crippen LogP contribution is 2.32. The predicted octanol–water partition coefficient (Wildman–Crippen LogP) is 2.36. The van der Waals surface area contributed by atoms with Crippen molar-refractivity contribution in [1.82, 2.24) is 15.1 Å². The minimum absolute atomic E-state index is 0.0118. The summed E-state index contributed by atoms with van der Waals surface area (Å²) in [6.45, 7) is 2.34. The molecule has 0 saturated carbocycles. The summed E-state index contributed by atoms with van der Waals surface area (Å²) in [4.78, 5) is 40.3. The number of benzene rings is 2. The largest absolute Gasteiger partial charge is 0.486 e. The van der Waals surface area contributed by atoms with E-state index in [0.29, 0.717) is 56.6 Å². The Morgan fingerprint density at radius 3 is 2.45 bits per heavy atom. The first-order chi connectivity index (χ1) is 15.9. The molecule has 9 nitrogen and oxygen atoms in total. The van der Waals surface area contributed by atoms with Crippen molar-refractivity contribution in [2.45, 2.75) is 0 Å². The van der Waals surface area contributed by atoms with Crippen LogP contribution in [-0.2, 0) is 4.79 Å². The molecule has 2 aliphatic heterocycles. The zero-order valence-electron chi connectivity index (χ0n) is 17.6. The van der Waals surface area contributed by atoms with E-state index in [0.717, 1.165) is 6.07 Å². The lowest BCUT2D eigenvalue weighted by molar-refractivity contribution is -0.121. The Bertz CT molecular complexity index is 1070. The van der Waals surface area contributed by atoms with Crippen LogP contribution in [0.15, 0.2) is 36.4 Å². The molecule has 11 heteroatoms. The summed E-state index contributed by atoms with van der Waals surface area (Å²) in [7, 11) is 0. The molecular weight excluding hydrogens is 455 g/mol. The number of nitrogens with one attached hydrogen (secondary N) is 2. The number of carbonyl (C=O) groups is 3. The molecule has 1 fully saturated rings. The van der Waals surface area contributed by atoms with E-state index in [9.17, 15) is 18.8 Å². The maximum absolute atomic E-state index is 14.0. The Morgan fingerprint density at radius 2 is 1.70 bits per heavy atom. The number of carbonyl (C=O) groups excluding carboxylic acids is 3. The fraction of sp³-hybridized carbons (Fsp3) is 0.318. The average Bonchev–Trinajstić information content (AvgIpc) is 2.80. The van der Waals surface area contributed by atoms with Gasteiger partial charge in [0.15, 0.2) is 11.5 Å². The molecule has 4 amide bonds. The van der Waals surface area contributed by atoms with Crippen LogP contribution in [0.4, 0.5) is 14.9 Å². The first-order valence-electron chi connectivity index (χ1n) is 10.4. The summed E-state index contributed by atoms with van der Waals surface area (Å²) >= 11 is 5.87. The highest BCUT2D eigenvalue weighted by Gasteiger charge is 2.25. The van der Waals surface area contributed by atoms with Gasteiger partial charge in [0.1, 0.15) is 19.0 Å². The molecule has 4 rings (SSSR count). The smallest absolute Gasteiger partial charge is 0.325 e. The van der Waals surface area contributed by atoms with Crippen molar-refractivity contribution in [2.24, 2.45) is 0 Å². The molecule has 2 aromatic carbocycles. The van der Waals surface area contributed by atoms with Gasteiger partial charge in [-0.25, -0.2) is 9.18 Å². The molecule has 2 aromatic rings. The molecule has 0 bridgehead atoms. The number of anilines is 1. The number of imide groups is 1. The van der Waals surface area contributed by atoms with Crippen molar-refractivity contribution < 1.29 is 28.2 Å². The molecule has 0 radical (unpaired) electrons. The van der Waals surface area contributed by atoms with Gasteiger partial charge in [-0.05, 0) is 30.3 Å². The first-order valence-corrected chi connectivity index (χ1v) is 10.7. The van der Waals surface area contributed by atoms with Gasteiger partial charge in [0.2, 0.25) is 5.91 Å².